The van der Waals surface area contributed by atoms with Gasteiger partial charge in [0.05, 0.1) is 6.54 Å². The van der Waals surface area contributed by atoms with Crippen molar-refractivity contribution < 1.29 is 14.0 Å². The van der Waals surface area contributed by atoms with E-state index < -0.39 is 11.6 Å². The molecule has 6 heteroatoms. The smallest absolute Gasteiger partial charge is 0.319 e. The molecule has 1 aliphatic rings. The minimum absolute atomic E-state index is 0.106. The van der Waals surface area contributed by atoms with Gasteiger partial charge in [0.15, 0.2) is 0 Å². The quantitative estimate of drug-likeness (QED) is 0.832. The van der Waals surface area contributed by atoms with Crippen molar-refractivity contribution in [2.24, 2.45) is 0 Å². The Labute approximate surface area is 141 Å². The van der Waals surface area contributed by atoms with Crippen LogP contribution >= 0.6 is 15.9 Å². The molecule has 1 atom stereocenters. The summed E-state index contributed by atoms with van der Waals surface area (Å²) >= 11 is 3.37. The van der Waals surface area contributed by atoms with E-state index >= 15 is 0 Å². The number of hydrogen-bond donors (Lipinski definition) is 1. The fraction of sp³-hybridized carbons (Fsp3) is 0.176. The molecular formula is C17H14BrFN2O2. The average Bonchev–Trinajstić information content (AvgIpc) is 2.74. The van der Waals surface area contributed by atoms with Gasteiger partial charge in [0.2, 0.25) is 0 Å². The minimum atomic E-state index is -1.11. The number of nitrogens with zero attached hydrogens (tertiary/aromatic N) is 1. The maximum Gasteiger partial charge on any atom is 0.325 e. The normalized spacial score (nSPS) is 20.7. The van der Waals surface area contributed by atoms with Crippen LogP contribution in [0.3, 0.4) is 0 Å². The number of benzene rings is 2. The van der Waals surface area contributed by atoms with Gasteiger partial charge in [-0.05, 0) is 42.3 Å². The molecule has 1 aliphatic heterocycles. The third kappa shape index (κ3) is 2.86. The predicted molar refractivity (Wildman–Crippen MR) is 87.0 cm³/mol. The van der Waals surface area contributed by atoms with Crippen LogP contribution in [-0.2, 0) is 16.9 Å². The molecule has 118 valence electrons. The van der Waals surface area contributed by atoms with Crippen molar-refractivity contribution in [1.29, 1.82) is 0 Å². The Morgan fingerprint density at radius 2 is 1.87 bits per heavy atom. The number of imide groups is 1. The van der Waals surface area contributed by atoms with Crippen molar-refractivity contribution >= 4 is 27.9 Å². The van der Waals surface area contributed by atoms with Crippen molar-refractivity contribution in [3.8, 4) is 0 Å². The van der Waals surface area contributed by atoms with Crippen LogP contribution in [0.25, 0.3) is 0 Å². The fourth-order valence-electron chi connectivity index (χ4n) is 2.61. The van der Waals surface area contributed by atoms with Gasteiger partial charge in [-0.3, -0.25) is 9.69 Å². The van der Waals surface area contributed by atoms with Crippen LogP contribution in [0.15, 0.2) is 53.0 Å². The number of hydrogen-bond acceptors (Lipinski definition) is 2. The van der Waals surface area contributed by atoms with Crippen molar-refractivity contribution in [3.05, 3.63) is 69.9 Å². The van der Waals surface area contributed by atoms with Gasteiger partial charge in [0, 0.05) is 4.47 Å². The van der Waals surface area contributed by atoms with E-state index in [1.165, 1.54) is 12.1 Å². The van der Waals surface area contributed by atoms with Crippen molar-refractivity contribution in [1.82, 2.24) is 10.2 Å². The van der Waals surface area contributed by atoms with Gasteiger partial charge in [-0.15, -0.1) is 0 Å². The topological polar surface area (TPSA) is 49.4 Å². The number of amides is 3. The predicted octanol–water partition coefficient (Wildman–Crippen LogP) is 3.56. The number of halogens is 2. The lowest BCUT2D eigenvalue weighted by Crippen LogP contribution is -2.40. The molecule has 0 unspecified atom stereocenters. The first-order valence-corrected chi connectivity index (χ1v) is 7.84. The fourth-order valence-corrected chi connectivity index (χ4v) is 3.01. The molecule has 0 aliphatic carbocycles. The van der Waals surface area contributed by atoms with E-state index in [4.69, 9.17) is 0 Å². The van der Waals surface area contributed by atoms with E-state index in [0.717, 1.165) is 9.37 Å². The summed E-state index contributed by atoms with van der Waals surface area (Å²) in [5.41, 5.74) is 0.279. The zero-order valence-electron chi connectivity index (χ0n) is 12.3. The molecule has 1 N–H and O–H groups in total. The Bertz CT molecular complexity index is 778. The summed E-state index contributed by atoms with van der Waals surface area (Å²) in [5.74, 6) is -0.685. The lowest BCUT2D eigenvalue weighted by Gasteiger charge is -2.22. The van der Waals surface area contributed by atoms with Gasteiger partial charge >= 0.3 is 6.03 Å². The molecule has 0 bridgehead atoms. The summed E-state index contributed by atoms with van der Waals surface area (Å²) in [4.78, 5) is 26.2. The Kier molecular flexibility index (Phi) is 3.93. The average molecular weight is 377 g/mol. The molecule has 1 fully saturated rings. The second kappa shape index (κ2) is 5.77. The molecule has 4 nitrogen and oxygen atoms in total. The lowest BCUT2D eigenvalue weighted by atomic mass is 9.92. The van der Waals surface area contributed by atoms with Gasteiger partial charge in [-0.2, -0.15) is 0 Å². The highest BCUT2D eigenvalue weighted by molar-refractivity contribution is 9.10. The SMILES string of the molecule is C[C@@]1(c2cccc(Br)c2)NC(=O)N(Cc2ccc(F)cc2)C1=O. The molecule has 0 spiro atoms. The molecule has 23 heavy (non-hydrogen) atoms. The van der Waals surface area contributed by atoms with E-state index in [-0.39, 0.29) is 18.3 Å². The van der Waals surface area contributed by atoms with Crippen molar-refractivity contribution in [3.63, 3.8) is 0 Å². The van der Waals surface area contributed by atoms with E-state index in [9.17, 15) is 14.0 Å². The first-order valence-electron chi connectivity index (χ1n) is 7.05. The lowest BCUT2D eigenvalue weighted by molar-refractivity contribution is -0.131. The summed E-state index contributed by atoms with van der Waals surface area (Å²) in [5, 5.41) is 2.75. The third-order valence-electron chi connectivity index (χ3n) is 3.93. The van der Waals surface area contributed by atoms with Crippen LogP contribution in [-0.4, -0.2) is 16.8 Å². The van der Waals surface area contributed by atoms with Crippen molar-refractivity contribution in [2.75, 3.05) is 0 Å². The number of urea groups is 1. The molecule has 3 rings (SSSR count). The molecule has 0 aromatic heterocycles. The Balaban J connectivity index is 1.89. The summed E-state index contributed by atoms with van der Waals surface area (Å²) in [6.07, 6.45) is 0. The molecule has 2 aromatic carbocycles. The highest BCUT2D eigenvalue weighted by Crippen LogP contribution is 2.31. The summed E-state index contributed by atoms with van der Waals surface area (Å²) in [6, 6.07) is 12.5. The number of carbonyl (C=O) groups is 2. The van der Waals surface area contributed by atoms with E-state index in [1.807, 2.05) is 12.1 Å². The highest BCUT2D eigenvalue weighted by atomic mass is 79.9. The minimum Gasteiger partial charge on any atom is -0.319 e. The summed E-state index contributed by atoms with van der Waals surface area (Å²) in [7, 11) is 0. The van der Waals surface area contributed by atoms with Gasteiger partial charge in [-0.1, -0.05) is 40.2 Å². The Morgan fingerprint density at radius 3 is 2.52 bits per heavy atom. The maximum atomic E-state index is 13.0. The Morgan fingerprint density at radius 1 is 1.17 bits per heavy atom. The van der Waals surface area contributed by atoms with Crippen LogP contribution < -0.4 is 5.32 Å². The standard InChI is InChI=1S/C17H14BrFN2O2/c1-17(12-3-2-4-13(18)9-12)15(22)21(16(23)20-17)10-11-5-7-14(19)8-6-11/h2-9H,10H2,1H3,(H,20,23)/t17-/m0/s1. The van der Waals surface area contributed by atoms with Crippen LogP contribution in [0.2, 0.25) is 0 Å². The monoisotopic (exact) mass is 376 g/mol. The van der Waals surface area contributed by atoms with Crippen molar-refractivity contribution in [2.45, 2.75) is 19.0 Å². The van der Waals surface area contributed by atoms with Crippen LogP contribution in [0.1, 0.15) is 18.1 Å². The molecule has 0 radical (unpaired) electrons. The Hall–Kier alpha value is -2.21. The maximum absolute atomic E-state index is 13.0. The second-order valence-electron chi connectivity index (χ2n) is 5.58. The number of carbonyl (C=O) groups excluding carboxylic acids is 2. The molecule has 1 saturated heterocycles. The number of rotatable bonds is 3. The third-order valence-corrected chi connectivity index (χ3v) is 4.42. The largest absolute Gasteiger partial charge is 0.325 e. The number of nitrogens with one attached hydrogen (secondary N) is 1. The van der Waals surface area contributed by atoms with Gasteiger partial charge in [0.1, 0.15) is 11.4 Å². The van der Waals surface area contributed by atoms with Crippen LogP contribution in [0, 0.1) is 5.82 Å². The zero-order valence-corrected chi connectivity index (χ0v) is 13.9. The molecule has 2 aromatic rings. The van der Waals surface area contributed by atoms with E-state index in [1.54, 1.807) is 31.2 Å². The van der Waals surface area contributed by atoms with Gasteiger partial charge in [-0.25, -0.2) is 9.18 Å². The highest BCUT2D eigenvalue weighted by Gasteiger charge is 2.48. The summed E-state index contributed by atoms with van der Waals surface area (Å²) in [6.45, 7) is 1.79. The summed E-state index contributed by atoms with van der Waals surface area (Å²) < 4.78 is 13.8. The first-order chi connectivity index (χ1) is 10.9. The molecule has 1 heterocycles. The van der Waals surface area contributed by atoms with Gasteiger partial charge < -0.3 is 5.32 Å². The first kappa shape index (κ1) is 15.7. The van der Waals surface area contributed by atoms with Gasteiger partial charge in [0.25, 0.3) is 5.91 Å². The van der Waals surface area contributed by atoms with Crippen LogP contribution in [0.4, 0.5) is 9.18 Å². The zero-order chi connectivity index (χ0) is 16.6. The van der Waals surface area contributed by atoms with Crippen LogP contribution in [0.5, 0.6) is 0 Å². The molecule has 3 amide bonds. The van der Waals surface area contributed by atoms with E-state index in [2.05, 4.69) is 21.2 Å². The second-order valence-corrected chi connectivity index (χ2v) is 6.50. The van der Waals surface area contributed by atoms with E-state index in [0.29, 0.717) is 11.1 Å². The molecular weight excluding hydrogens is 363 g/mol. The molecule has 0 saturated carbocycles.